The number of rotatable bonds is 3. The predicted octanol–water partition coefficient (Wildman–Crippen LogP) is 0.271. The van der Waals surface area contributed by atoms with Gasteiger partial charge in [0, 0.05) is 10.9 Å². The van der Waals surface area contributed by atoms with Crippen LogP contribution in [0.5, 0.6) is 23.0 Å². The van der Waals surface area contributed by atoms with Crippen LogP contribution in [-0.4, -0.2) is 29.8 Å². The largest absolute Gasteiger partial charge is 1.00 e. The topological polar surface area (TPSA) is 94.5 Å². The standard InChI is InChI=1S/C20H14O7.Na.H/c21-7-13-12(20(22)23)5-10-2-4-15-19(27-9-25-15)18(10)17(13)11-1-3-14-16(6-11)26-8-24-14;;/h1-6,21H,7-9H2,(H,22,23);;/q;+1;-1. The van der Waals surface area contributed by atoms with E-state index in [1.807, 2.05) is 6.07 Å². The zero-order valence-electron chi connectivity index (χ0n) is 16.0. The molecule has 2 aliphatic heterocycles. The van der Waals surface area contributed by atoms with Crippen LogP contribution in [0.15, 0.2) is 36.4 Å². The van der Waals surface area contributed by atoms with E-state index in [4.69, 9.17) is 18.9 Å². The molecular formula is C20H15NaO7. The van der Waals surface area contributed by atoms with Crippen molar-refractivity contribution >= 4 is 16.7 Å². The molecule has 0 unspecified atom stereocenters. The Hall–Kier alpha value is -2.45. The normalized spacial score (nSPS) is 13.5. The van der Waals surface area contributed by atoms with E-state index in [9.17, 15) is 15.0 Å². The maximum absolute atomic E-state index is 11.8. The third-order valence-corrected chi connectivity index (χ3v) is 4.80. The number of hydrogen-bond donors (Lipinski definition) is 2. The molecule has 0 fully saturated rings. The second-order valence-corrected chi connectivity index (χ2v) is 6.21. The van der Waals surface area contributed by atoms with Gasteiger partial charge in [-0.3, -0.25) is 0 Å². The Balaban J connectivity index is 0.00000120. The number of aromatic carboxylic acids is 1. The van der Waals surface area contributed by atoms with Crippen LogP contribution in [0.3, 0.4) is 0 Å². The molecule has 0 saturated carbocycles. The maximum Gasteiger partial charge on any atom is 1.00 e. The van der Waals surface area contributed by atoms with Gasteiger partial charge in [-0.1, -0.05) is 12.1 Å². The molecule has 0 spiro atoms. The zero-order chi connectivity index (χ0) is 18.5. The molecule has 0 atom stereocenters. The van der Waals surface area contributed by atoms with Gasteiger partial charge in [0.25, 0.3) is 0 Å². The number of carbonyl (C=O) groups is 1. The van der Waals surface area contributed by atoms with E-state index in [-0.39, 0.29) is 50.1 Å². The SMILES string of the molecule is O=C(O)c1cc2ccc3c(c2c(-c2ccc4c(c2)OCO4)c1CO)OCO3.[H-].[Na+]. The van der Waals surface area contributed by atoms with Crippen LogP contribution >= 0.6 is 0 Å². The summed E-state index contributed by atoms with van der Waals surface area (Å²) in [5.74, 6) is 1.19. The van der Waals surface area contributed by atoms with Gasteiger partial charge in [0.1, 0.15) is 0 Å². The van der Waals surface area contributed by atoms with Gasteiger partial charge >= 0.3 is 35.5 Å². The number of carboxylic acids is 1. The van der Waals surface area contributed by atoms with Crippen molar-refractivity contribution in [1.29, 1.82) is 0 Å². The maximum atomic E-state index is 11.8. The van der Waals surface area contributed by atoms with E-state index in [0.29, 0.717) is 50.5 Å². The molecule has 7 nitrogen and oxygen atoms in total. The molecule has 3 aromatic rings. The van der Waals surface area contributed by atoms with Gasteiger partial charge < -0.3 is 30.6 Å². The molecule has 0 bridgehead atoms. The second-order valence-electron chi connectivity index (χ2n) is 6.21. The number of carboxylic acid groups (broad SMARTS) is 1. The van der Waals surface area contributed by atoms with Crippen molar-refractivity contribution in [2.24, 2.45) is 0 Å². The third-order valence-electron chi connectivity index (χ3n) is 4.80. The van der Waals surface area contributed by atoms with Crippen LogP contribution in [0.25, 0.3) is 21.9 Å². The predicted molar refractivity (Wildman–Crippen MR) is 95.6 cm³/mol. The zero-order valence-corrected chi connectivity index (χ0v) is 17.0. The van der Waals surface area contributed by atoms with E-state index < -0.39 is 12.6 Å². The van der Waals surface area contributed by atoms with Crippen molar-refractivity contribution in [1.82, 2.24) is 0 Å². The summed E-state index contributed by atoms with van der Waals surface area (Å²) >= 11 is 0. The van der Waals surface area contributed by atoms with Crippen LogP contribution in [0.1, 0.15) is 17.3 Å². The summed E-state index contributed by atoms with van der Waals surface area (Å²) in [5, 5.41) is 21.1. The molecule has 0 aromatic heterocycles. The molecule has 8 heteroatoms. The van der Waals surface area contributed by atoms with Crippen molar-refractivity contribution in [3.8, 4) is 34.1 Å². The molecule has 3 aromatic carbocycles. The molecule has 0 saturated heterocycles. The molecule has 0 aliphatic carbocycles. The van der Waals surface area contributed by atoms with Gasteiger partial charge in [-0.05, 0) is 40.8 Å². The van der Waals surface area contributed by atoms with E-state index in [2.05, 4.69) is 0 Å². The molecule has 2 aliphatic rings. The number of fused-ring (bicyclic) bond motifs is 4. The molecule has 0 amide bonds. The molecule has 5 rings (SSSR count). The van der Waals surface area contributed by atoms with E-state index in [1.165, 1.54) is 0 Å². The third kappa shape index (κ3) is 2.79. The molecule has 2 heterocycles. The van der Waals surface area contributed by atoms with Crippen molar-refractivity contribution < 1.29 is 64.9 Å². The van der Waals surface area contributed by atoms with E-state index >= 15 is 0 Å². The first-order chi connectivity index (χ1) is 13.2. The first-order valence-corrected chi connectivity index (χ1v) is 8.29. The Morgan fingerprint density at radius 3 is 2.46 bits per heavy atom. The summed E-state index contributed by atoms with van der Waals surface area (Å²) in [4.78, 5) is 11.8. The van der Waals surface area contributed by atoms with Crippen molar-refractivity contribution in [3.63, 3.8) is 0 Å². The molecular weight excluding hydrogens is 375 g/mol. The number of hydrogen-bond acceptors (Lipinski definition) is 6. The number of aliphatic hydroxyl groups is 1. The first-order valence-electron chi connectivity index (χ1n) is 8.29. The summed E-state index contributed by atoms with van der Waals surface area (Å²) in [6, 6.07) is 10.4. The van der Waals surface area contributed by atoms with Crippen molar-refractivity contribution in [2.45, 2.75) is 6.61 Å². The average molecular weight is 390 g/mol. The van der Waals surface area contributed by atoms with E-state index in [1.54, 1.807) is 30.3 Å². The van der Waals surface area contributed by atoms with Gasteiger partial charge in [-0.25, -0.2) is 4.79 Å². The number of aliphatic hydroxyl groups excluding tert-OH is 1. The Kier molecular flexibility index (Phi) is 4.84. The fraction of sp³-hybridized carbons (Fsp3) is 0.150. The summed E-state index contributed by atoms with van der Waals surface area (Å²) in [6.07, 6.45) is 0. The van der Waals surface area contributed by atoms with Crippen LogP contribution in [0, 0.1) is 0 Å². The Bertz CT molecular complexity index is 1120. The minimum atomic E-state index is -1.11. The first kappa shape index (κ1) is 18.9. The van der Waals surface area contributed by atoms with Crippen LogP contribution in [0.4, 0.5) is 0 Å². The Morgan fingerprint density at radius 1 is 0.964 bits per heavy atom. The van der Waals surface area contributed by atoms with Gasteiger partial charge in [-0.2, -0.15) is 0 Å². The van der Waals surface area contributed by atoms with Crippen LogP contribution in [0.2, 0.25) is 0 Å². The number of ether oxygens (including phenoxy) is 4. The van der Waals surface area contributed by atoms with Gasteiger partial charge in [0.05, 0.1) is 12.2 Å². The minimum Gasteiger partial charge on any atom is -1.00 e. The smallest absolute Gasteiger partial charge is 1.00 e. The van der Waals surface area contributed by atoms with E-state index in [0.717, 1.165) is 0 Å². The summed E-state index contributed by atoms with van der Waals surface area (Å²) in [7, 11) is 0. The molecule has 0 radical (unpaired) electrons. The summed E-state index contributed by atoms with van der Waals surface area (Å²) < 4.78 is 22.0. The summed E-state index contributed by atoms with van der Waals surface area (Å²) in [5.41, 5.74) is 1.61. The monoisotopic (exact) mass is 390 g/mol. The Morgan fingerprint density at radius 2 is 1.68 bits per heavy atom. The Labute approximate surface area is 183 Å². The average Bonchev–Trinajstić information content (AvgIpc) is 3.34. The van der Waals surface area contributed by atoms with Crippen LogP contribution in [-0.2, 0) is 6.61 Å². The fourth-order valence-corrected chi connectivity index (χ4v) is 3.62. The second kappa shape index (κ2) is 7.18. The van der Waals surface area contributed by atoms with Gasteiger partial charge in [-0.15, -0.1) is 0 Å². The molecule has 138 valence electrons. The minimum absolute atomic E-state index is 0. The quantitative estimate of drug-likeness (QED) is 0.620. The fourth-order valence-electron chi connectivity index (χ4n) is 3.62. The van der Waals surface area contributed by atoms with Gasteiger partial charge in [0.2, 0.25) is 13.6 Å². The van der Waals surface area contributed by atoms with Gasteiger partial charge in [0.15, 0.2) is 23.0 Å². The molecule has 2 N–H and O–H groups in total. The van der Waals surface area contributed by atoms with Crippen LogP contribution < -0.4 is 48.5 Å². The molecule has 28 heavy (non-hydrogen) atoms. The number of benzene rings is 3. The summed E-state index contributed by atoms with van der Waals surface area (Å²) in [6.45, 7) is -0.218. The van der Waals surface area contributed by atoms with Crippen molar-refractivity contribution in [2.75, 3.05) is 13.6 Å². The van der Waals surface area contributed by atoms with Crippen molar-refractivity contribution in [3.05, 3.63) is 47.5 Å².